The first-order valence-corrected chi connectivity index (χ1v) is 6.83. The molecule has 1 aromatic heterocycles. The fourth-order valence-corrected chi connectivity index (χ4v) is 1.89. The van der Waals surface area contributed by atoms with Crippen LogP contribution in [0.4, 0.5) is 23.4 Å². The third-order valence-corrected chi connectivity index (χ3v) is 3.12. The third kappa shape index (κ3) is 3.65. The zero-order valence-corrected chi connectivity index (χ0v) is 12.2. The fraction of sp³-hybridized carbons (Fsp3) is 0. The van der Waals surface area contributed by atoms with E-state index in [1.165, 1.54) is 0 Å². The molecule has 21 heavy (non-hydrogen) atoms. The first kappa shape index (κ1) is 13.7. The van der Waals surface area contributed by atoms with Crippen LogP contribution in [0, 0.1) is 0 Å². The molecule has 1 heterocycles. The minimum Gasteiger partial charge on any atom is -0.389 e. The molecule has 106 valence electrons. The Morgan fingerprint density at radius 2 is 1.05 bits per heavy atom. The summed E-state index contributed by atoms with van der Waals surface area (Å²) < 4.78 is 5.44. The highest BCUT2D eigenvalue weighted by Gasteiger charge is 2.06. The third-order valence-electron chi connectivity index (χ3n) is 2.62. The van der Waals surface area contributed by atoms with E-state index in [0.717, 1.165) is 11.4 Å². The summed E-state index contributed by atoms with van der Waals surface area (Å²) in [7, 11) is 0. The molecule has 0 aliphatic rings. The highest BCUT2D eigenvalue weighted by Crippen LogP contribution is 2.22. The number of benzene rings is 2. The summed E-state index contributed by atoms with van der Waals surface area (Å²) >= 11 is 11.6. The van der Waals surface area contributed by atoms with Crippen LogP contribution in [0.5, 0.6) is 0 Å². The Bertz CT molecular complexity index is 663. The molecular weight excluding hydrogens is 311 g/mol. The van der Waals surface area contributed by atoms with E-state index in [4.69, 9.17) is 27.6 Å². The van der Waals surface area contributed by atoms with Gasteiger partial charge >= 0.3 is 12.0 Å². The minimum atomic E-state index is 0.286. The highest BCUT2D eigenvalue weighted by atomic mass is 35.5. The molecule has 0 aliphatic carbocycles. The van der Waals surface area contributed by atoms with Gasteiger partial charge in [0.05, 0.1) is 0 Å². The second-order valence-corrected chi connectivity index (χ2v) is 5.05. The van der Waals surface area contributed by atoms with Crippen molar-refractivity contribution in [2.45, 2.75) is 0 Å². The molecule has 3 aromatic rings. The number of hydrogen-bond acceptors (Lipinski definition) is 5. The summed E-state index contributed by atoms with van der Waals surface area (Å²) in [6.07, 6.45) is 0. The largest absolute Gasteiger partial charge is 0.389 e. The number of nitrogens with zero attached hydrogens (tertiary/aromatic N) is 2. The monoisotopic (exact) mass is 320 g/mol. The van der Waals surface area contributed by atoms with E-state index in [-0.39, 0.29) is 12.0 Å². The number of nitrogens with one attached hydrogen (secondary N) is 2. The van der Waals surface area contributed by atoms with Crippen molar-refractivity contribution in [2.75, 3.05) is 10.6 Å². The number of anilines is 4. The zero-order valence-electron chi connectivity index (χ0n) is 10.7. The van der Waals surface area contributed by atoms with Crippen LogP contribution in [0.15, 0.2) is 52.9 Å². The van der Waals surface area contributed by atoms with Gasteiger partial charge in [0.2, 0.25) is 0 Å². The van der Waals surface area contributed by atoms with Crippen molar-refractivity contribution in [1.29, 1.82) is 0 Å². The molecule has 0 saturated carbocycles. The maximum atomic E-state index is 5.82. The average molecular weight is 321 g/mol. The molecule has 0 spiro atoms. The van der Waals surface area contributed by atoms with Crippen molar-refractivity contribution in [1.82, 2.24) is 10.2 Å². The Labute approximate surface area is 130 Å². The lowest BCUT2D eigenvalue weighted by Gasteiger charge is -2.01. The molecule has 2 N–H and O–H groups in total. The Kier molecular flexibility index (Phi) is 3.94. The van der Waals surface area contributed by atoms with Gasteiger partial charge in [0.15, 0.2) is 0 Å². The lowest BCUT2D eigenvalue weighted by atomic mass is 10.3. The van der Waals surface area contributed by atoms with Crippen LogP contribution in [-0.4, -0.2) is 10.2 Å². The van der Waals surface area contributed by atoms with Crippen LogP contribution in [0.3, 0.4) is 0 Å². The normalized spacial score (nSPS) is 10.4. The van der Waals surface area contributed by atoms with Gasteiger partial charge in [-0.1, -0.05) is 33.4 Å². The van der Waals surface area contributed by atoms with Crippen LogP contribution in [0.25, 0.3) is 0 Å². The van der Waals surface area contributed by atoms with Crippen molar-refractivity contribution in [2.24, 2.45) is 0 Å². The number of hydrogen-bond donors (Lipinski definition) is 2. The Balaban J connectivity index is 1.68. The summed E-state index contributed by atoms with van der Waals surface area (Å²) in [6, 6.07) is 14.9. The molecule has 0 fully saturated rings. The second-order valence-electron chi connectivity index (χ2n) is 4.18. The van der Waals surface area contributed by atoms with Crippen LogP contribution in [0.1, 0.15) is 0 Å². The van der Waals surface area contributed by atoms with Crippen molar-refractivity contribution in [3.63, 3.8) is 0 Å². The molecule has 0 saturated heterocycles. The maximum absolute atomic E-state index is 5.82. The second kappa shape index (κ2) is 6.03. The standard InChI is InChI=1S/C14H10Cl2N4O/c15-9-1-5-11(6-2-9)17-13-19-20-14(21-13)18-12-7-3-10(16)4-8-12/h1-8H,(H,17,19)(H,18,20). The first-order valence-electron chi connectivity index (χ1n) is 6.08. The predicted octanol–water partition coefficient (Wildman–Crippen LogP) is 4.86. The lowest BCUT2D eigenvalue weighted by Crippen LogP contribution is -1.89. The lowest BCUT2D eigenvalue weighted by molar-refractivity contribution is 0.591. The molecule has 0 atom stereocenters. The molecule has 7 heteroatoms. The summed E-state index contributed by atoms with van der Waals surface area (Å²) in [5.41, 5.74) is 1.61. The van der Waals surface area contributed by atoms with Gasteiger partial charge in [-0.15, -0.1) is 0 Å². The molecule has 0 aliphatic heterocycles. The van der Waals surface area contributed by atoms with Gasteiger partial charge in [-0.2, -0.15) is 0 Å². The first-order chi connectivity index (χ1) is 10.2. The number of aromatic nitrogens is 2. The van der Waals surface area contributed by atoms with Gasteiger partial charge in [-0.25, -0.2) is 0 Å². The Hall–Kier alpha value is -2.24. The van der Waals surface area contributed by atoms with Gasteiger partial charge in [-0.05, 0) is 48.5 Å². The fourth-order valence-electron chi connectivity index (χ4n) is 1.64. The smallest absolute Gasteiger partial charge is 0.321 e. The SMILES string of the molecule is Clc1ccc(Nc2nnc(Nc3ccc(Cl)cc3)o2)cc1. The van der Waals surface area contributed by atoms with Crippen LogP contribution in [-0.2, 0) is 0 Å². The average Bonchev–Trinajstić information content (AvgIpc) is 2.91. The van der Waals surface area contributed by atoms with E-state index in [1.54, 1.807) is 24.3 Å². The van der Waals surface area contributed by atoms with Crippen LogP contribution < -0.4 is 10.6 Å². The molecule has 2 aromatic carbocycles. The minimum absolute atomic E-state index is 0.286. The van der Waals surface area contributed by atoms with E-state index in [9.17, 15) is 0 Å². The van der Waals surface area contributed by atoms with Gasteiger partial charge in [0.25, 0.3) is 0 Å². The van der Waals surface area contributed by atoms with Crippen molar-refractivity contribution in [3.8, 4) is 0 Å². The van der Waals surface area contributed by atoms with E-state index in [0.29, 0.717) is 10.0 Å². The van der Waals surface area contributed by atoms with E-state index in [2.05, 4.69) is 20.8 Å². The molecule has 0 unspecified atom stereocenters. The maximum Gasteiger partial charge on any atom is 0.321 e. The Morgan fingerprint density at radius 3 is 1.43 bits per heavy atom. The van der Waals surface area contributed by atoms with Gasteiger partial charge in [-0.3, -0.25) is 0 Å². The Morgan fingerprint density at radius 1 is 0.667 bits per heavy atom. The van der Waals surface area contributed by atoms with Crippen LogP contribution >= 0.6 is 23.2 Å². The summed E-state index contributed by atoms with van der Waals surface area (Å²) in [6.45, 7) is 0. The topological polar surface area (TPSA) is 63.0 Å². The van der Waals surface area contributed by atoms with E-state index >= 15 is 0 Å². The van der Waals surface area contributed by atoms with Crippen molar-refractivity contribution >= 4 is 46.6 Å². The van der Waals surface area contributed by atoms with Crippen molar-refractivity contribution < 1.29 is 4.42 Å². The van der Waals surface area contributed by atoms with E-state index < -0.39 is 0 Å². The van der Waals surface area contributed by atoms with Gasteiger partial charge in [0, 0.05) is 21.4 Å². The number of rotatable bonds is 4. The molecule has 5 nitrogen and oxygen atoms in total. The molecule has 0 bridgehead atoms. The molecular formula is C14H10Cl2N4O. The quantitative estimate of drug-likeness (QED) is 0.718. The molecule has 3 rings (SSSR count). The highest BCUT2D eigenvalue weighted by molar-refractivity contribution is 6.30. The van der Waals surface area contributed by atoms with E-state index in [1.807, 2.05) is 24.3 Å². The molecule has 0 amide bonds. The van der Waals surface area contributed by atoms with Gasteiger partial charge in [0.1, 0.15) is 0 Å². The summed E-state index contributed by atoms with van der Waals surface area (Å²) in [5, 5.41) is 15.1. The molecule has 0 radical (unpaired) electrons. The predicted molar refractivity (Wildman–Crippen MR) is 83.8 cm³/mol. The van der Waals surface area contributed by atoms with Gasteiger partial charge < -0.3 is 15.1 Å². The summed E-state index contributed by atoms with van der Waals surface area (Å²) in [5.74, 6) is 0. The van der Waals surface area contributed by atoms with Crippen LogP contribution in [0.2, 0.25) is 10.0 Å². The summed E-state index contributed by atoms with van der Waals surface area (Å²) in [4.78, 5) is 0. The van der Waals surface area contributed by atoms with Crippen molar-refractivity contribution in [3.05, 3.63) is 58.6 Å². The zero-order chi connectivity index (χ0) is 14.7. The number of halogens is 2.